The van der Waals surface area contributed by atoms with Gasteiger partial charge in [0, 0.05) is 32.6 Å². The van der Waals surface area contributed by atoms with Gasteiger partial charge in [-0.1, -0.05) is 6.92 Å². The smallest absolute Gasteiger partial charge is 0.343 e. The van der Waals surface area contributed by atoms with Gasteiger partial charge in [0.05, 0.1) is 17.7 Å². The molecule has 0 aromatic carbocycles. The third kappa shape index (κ3) is 3.03. The molecule has 0 radical (unpaired) electrons. The molecule has 1 saturated heterocycles. The Morgan fingerprint density at radius 1 is 1.29 bits per heavy atom. The van der Waals surface area contributed by atoms with Crippen LogP contribution in [-0.4, -0.2) is 57.0 Å². The van der Waals surface area contributed by atoms with E-state index in [1.165, 1.54) is 18.4 Å². The highest BCUT2D eigenvalue weighted by Crippen LogP contribution is 2.39. The van der Waals surface area contributed by atoms with Crippen LogP contribution in [0.1, 0.15) is 33.4 Å². The summed E-state index contributed by atoms with van der Waals surface area (Å²) in [4.78, 5) is 28.8. The quantitative estimate of drug-likeness (QED) is 0.670. The summed E-state index contributed by atoms with van der Waals surface area (Å²) < 4.78 is 4.84. The number of carbonyl (C=O) groups excluding carboxylic acids is 2. The molecule has 7 heteroatoms. The molecule has 0 amide bonds. The molecule has 2 rings (SSSR count). The van der Waals surface area contributed by atoms with Gasteiger partial charge < -0.3 is 20.3 Å². The SMILES string of the molecule is CCC(=O)c1sc(N2CCN(C)CC2)c(C(=O)OC)c1N. The molecule has 1 fully saturated rings. The van der Waals surface area contributed by atoms with Gasteiger partial charge in [0.25, 0.3) is 0 Å². The fraction of sp³-hybridized carbons (Fsp3) is 0.571. The van der Waals surface area contributed by atoms with Crippen molar-refractivity contribution in [1.82, 2.24) is 4.90 Å². The Bertz CT molecular complexity index is 548. The number of thiophene rings is 1. The molecular weight excluding hydrogens is 290 g/mol. The number of hydrogen-bond donors (Lipinski definition) is 1. The van der Waals surface area contributed by atoms with Crippen LogP contribution in [0.15, 0.2) is 0 Å². The van der Waals surface area contributed by atoms with Gasteiger partial charge in [-0.2, -0.15) is 0 Å². The Balaban J connectivity index is 2.43. The molecule has 0 saturated carbocycles. The van der Waals surface area contributed by atoms with Crippen LogP contribution in [0.3, 0.4) is 0 Å². The van der Waals surface area contributed by atoms with Crippen LogP contribution in [0.5, 0.6) is 0 Å². The van der Waals surface area contributed by atoms with Crippen LogP contribution in [0.2, 0.25) is 0 Å². The van der Waals surface area contributed by atoms with Gasteiger partial charge in [0.15, 0.2) is 5.78 Å². The predicted molar refractivity (Wildman–Crippen MR) is 84.4 cm³/mol. The van der Waals surface area contributed by atoms with Crippen molar-refractivity contribution in [1.29, 1.82) is 0 Å². The molecule has 0 spiro atoms. The summed E-state index contributed by atoms with van der Waals surface area (Å²) in [6, 6.07) is 0. The number of anilines is 2. The first-order chi connectivity index (χ1) is 9.99. The lowest BCUT2D eigenvalue weighted by Gasteiger charge is -2.33. The van der Waals surface area contributed by atoms with Crippen molar-refractivity contribution in [3.63, 3.8) is 0 Å². The number of carbonyl (C=O) groups is 2. The van der Waals surface area contributed by atoms with E-state index in [9.17, 15) is 9.59 Å². The molecule has 1 aliphatic heterocycles. The van der Waals surface area contributed by atoms with Crippen molar-refractivity contribution in [3.8, 4) is 0 Å². The topological polar surface area (TPSA) is 75.9 Å². The predicted octanol–water partition coefficient (Wildman–Crippen LogP) is 1.46. The largest absolute Gasteiger partial charge is 0.465 e. The Labute approximate surface area is 128 Å². The number of hydrogen-bond acceptors (Lipinski definition) is 7. The zero-order valence-electron chi connectivity index (χ0n) is 12.6. The monoisotopic (exact) mass is 311 g/mol. The van der Waals surface area contributed by atoms with Gasteiger partial charge in [-0.3, -0.25) is 4.79 Å². The number of rotatable bonds is 4. The first-order valence-corrected chi connectivity index (χ1v) is 7.78. The second-order valence-corrected chi connectivity index (χ2v) is 6.08. The third-order valence-corrected chi connectivity index (χ3v) is 4.99. The van der Waals surface area contributed by atoms with Crippen molar-refractivity contribution >= 4 is 33.8 Å². The van der Waals surface area contributed by atoms with E-state index in [0.29, 0.717) is 16.9 Å². The van der Waals surface area contributed by atoms with Crippen LogP contribution < -0.4 is 10.6 Å². The number of esters is 1. The minimum atomic E-state index is -0.479. The molecule has 21 heavy (non-hydrogen) atoms. The summed E-state index contributed by atoms with van der Waals surface area (Å²) in [6.07, 6.45) is 0.369. The van der Waals surface area contributed by atoms with E-state index in [1.807, 2.05) is 0 Å². The molecule has 2 heterocycles. The summed E-state index contributed by atoms with van der Waals surface area (Å²) in [5.41, 5.74) is 6.64. The summed E-state index contributed by atoms with van der Waals surface area (Å²) in [7, 11) is 3.39. The highest BCUT2D eigenvalue weighted by atomic mass is 32.1. The van der Waals surface area contributed by atoms with Gasteiger partial charge in [0.1, 0.15) is 10.6 Å². The zero-order valence-corrected chi connectivity index (χ0v) is 13.5. The number of likely N-dealkylation sites (N-methyl/N-ethyl adjacent to an activating group) is 1. The van der Waals surface area contributed by atoms with Crippen molar-refractivity contribution in [2.75, 3.05) is 51.0 Å². The fourth-order valence-electron chi connectivity index (χ4n) is 2.33. The van der Waals surface area contributed by atoms with Crippen molar-refractivity contribution < 1.29 is 14.3 Å². The molecule has 0 aliphatic carbocycles. The van der Waals surface area contributed by atoms with Crippen LogP contribution in [0.25, 0.3) is 0 Å². The van der Waals surface area contributed by atoms with E-state index < -0.39 is 5.97 Å². The van der Waals surface area contributed by atoms with Crippen LogP contribution in [0, 0.1) is 0 Å². The highest BCUT2D eigenvalue weighted by molar-refractivity contribution is 7.19. The number of Topliss-reactive ketones (excluding diaryl/α,β-unsaturated/α-hetero) is 1. The minimum Gasteiger partial charge on any atom is -0.465 e. The lowest BCUT2D eigenvalue weighted by atomic mass is 10.1. The number of methoxy groups -OCH3 is 1. The van der Waals surface area contributed by atoms with Gasteiger partial charge in [-0.05, 0) is 7.05 Å². The molecule has 0 bridgehead atoms. The number of piperazine rings is 1. The van der Waals surface area contributed by atoms with Gasteiger partial charge in [0.2, 0.25) is 0 Å². The lowest BCUT2D eigenvalue weighted by molar-refractivity contribution is 0.0603. The molecule has 1 aliphatic rings. The Hall–Kier alpha value is -1.60. The second kappa shape index (κ2) is 6.44. The van der Waals surface area contributed by atoms with E-state index in [1.54, 1.807) is 6.92 Å². The summed E-state index contributed by atoms with van der Waals surface area (Å²) in [5.74, 6) is -0.518. The van der Waals surface area contributed by atoms with Crippen molar-refractivity contribution in [3.05, 3.63) is 10.4 Å². The molecule has 0 unspecified atom stereocenters. The maximum Gasteiger partial charge on any atom is 0.343 e. The molecule has 1 aromatic rings. The fourth-order valence-corrected chi connectivity index (χ4v) is 3.60. The first-order valence-electron chi connectivity index (χ1n) is 6.96. The van der Waals surface area contributed by atoms with Crippen molar-refractivity contribution in [2.45, 2.75) is 13.3 Å². The third-order valence-electron chi connectivity index (χ3n) is 3.68. The van der Waals surface area contributed by atoms with Gasteiger partial charge in [-0.25, -0.2) is 4.79 Å². The number of nitrogens with zero attached hydrogens (tertiary/aromatic N) is 2. The van der Waals surface area contributed by atoms with E-state index >= 15 is 0 Å². The highest BCUT2D eigenvalue weighted by Gasteiger charge is 2.29. The van der Waals surface area contributed by atoms with E-state index in [-0.39, 0.29) is 11.5 Å². The maximum absolute atomic E-state index is 12.0. The second-order valence-electron chi connectivity index (χ2n) is 5.08. The maximum atomic E-state index is 12.0. The average Bonchev–Trinajstić information content (AvgIpc) is 2.84. The summed E-state index contributed by atoms with van der Waals surface area (Å²) in [6.45, 7) is 5.22. The molecule has 116 valence electrons. The molecule has 1 aromatic heterocycles. The standard InChI is InChI=1S/C14H21N3O3S/c1-4-9(18)12-11(15)10(14(19)20-3)13(21-12)17-7-5-16(2)6-8-17/h4-8,15H2,1-3H3. The van der Waals surface area contributed by atoms with E-state index in [2.05, 4.69) is 16.8 Å². The van der Waals surface area contributed by atoms with Crippen LogP contribution in [0.4, 0.5) is 10.7 Å². The van der Waals surface area contributed by atoms with E-state index in [4.69, 9.17) is 10.5 Å². The summed E-state index contributed by atoms with van der Waals surface area (Å²) in [5, 5.41) is 0.754. The average molecular weight is 311 g/mol. The Kier molecular flexibility index (Phi) is 4.84. The number of ketones is 1. The Morgan fingerprint density at radius 2 is 1.90 bits per heavy atom. The molecule has 6 nitrogen and oxygen atoms in total. The number of nitrogens with two attached hydrogens (primary N) is 1. The van der Waals surface area contributed by atoms with E-state index in [0.717, 1.165) is 31.2 Å². The lowest BCUT2D eigenvalue weighted by Crippen LogP contribution is -2.44. The number of nitrogen functional groups attached to an aromatic ring is 1. The molecule has 0 atom stereocenters. The normalized spacial score (nSPS) is 16.0. The Morgan fingerprint density at radius 3 is 2.43 bits per heavy atom. The van der Waals surface area contributed by atoms with Gasteiger partial charge >= 0.3 is 5.97 Å². The summed E-state index contributed by atoms with van der Waals surface area (Å²) >= 11 is 1.30. The molecule has 2 N–H and O–H groups in total. The zero-order chi connectivity index (χ0) is 15.6. The van der Waals surface area contributed by atoms with Crippen LogP contribution >= 0.6 is 11.3 Å². The molecular formula is C14H21N3O3S. The van der Waals surface area contributed by atoms with Crippen LogP contribution in [-0.2, 0) is 4.74 Å². The van der Waals surface area contributed by atoms with Gasteiger partial charge in [-0.15, -0.1) is 11.3 Å². The first kappa shape index (κ1) is 15.8. The minimum absolute atomic E-state index is 0.0389. The number of ether oxygens (including phenoxy) is 1. The van der Waals surface area contributed by atoms with Crippen molar-refractivity contribution in [2.24, 2.45) is 0 Å².